The molecule has 1 aliphatic heterocycles. The van der Waals surface area contributed by atoms with Crippen molar-refractivity contribution in [2.45, 2.75) is 17.6 Å². The third-order valence-corrected chi connectivity index (χ3v) is 7.19. The standard InChI is InChI=1S/C24H20ClN7O2S/c1-29-11-9-16-18(22(29)33)21(27-24(26-16)35-2)30-12-10-17(30)20-28-31-13-8-15(25)19(31)23(34)32(20)14-6-4-3-5-7-14/h3-9,11,13,17H,10,12H2,1-2H3/t17-/m0/s1. The summed E-state index contributed by atoms with van der Waals surface area (Å²) in [4.78, 5) is 38.1. The molecule has 0 saturated carbocycles. The van der Waals surface area contributed by atoms with Gasteiger partial charge in [0.2, 0.25) is 0 Å². The molecule has 0 N–H and O–H groups in total. The Hall–Kier alpha value is -3.63. The molecular weight excluding hydrogens is 486 g/mol. The van der Waals surface area contributed by atoms with Crippen LogP contribution in [0.4, 0.5) is 5.82 Å². The third-order valence-electron chi connectivity index (χ3n) is 6.34. The number of aromatic nitrogens is 6. The molecule has 9 nitrogen and oxygen atoms in total. The highest BCUT2D eigenvalue weighted by atomic mass is 35.5. The fraction of sp³-hybridized carbons (Fsp3) is 0.208. The quantitative estimate of drug-likeness (QED) is 0.273. The molecule has 5 heterocycles. The minimum absolute atomic E-state index is 0.170. The van der Waals surface area contributed by atoms with E-state index in [0.717, 1.165) is 6.42 Å². The van der Waals surface area contributed by atoms with E-state index in [9.17, 15) is 9.59 Å². The maximum atomic E-state index is 13.6. The van der Waals surface area contributed by atoms with Crippen LogP contribution in [0.5, 0.6) is 0 Å². The second kappa shape index (κ2) is 8.24. The van der Waals surface area contributed by atoms with Gasteiger partial charge in [-0.15, -0.1) is 0 Å². The van der Waals surface area contributed by atoms with Crippen molar-refractivity contribution in [1.29, 1.82) is 0 Å². The molecular formula is C24H20ClN7O2S. The Morgan fingerprint density at radius 2 is 1.83 bits per heavy atom. The molecule has 1 atom stereocenters. The molecule has 11 heteroatoms. The van der Waals surface area contributed by atoms with Gasteiger partial charge in [-0.05, 0) is 36.9 Å². The first-order valence-corrected chi connectivity index (χ1v) is 12.6. The van der Waals surface area contributed by atoms with Crippen LogP contribution in [0.2, 0.25) is 5.02 Å². The summed E-state index contributed by atoms with van der Waals surface area (Å²) in [5.74, 6) is 1.11. The summed E-state index contributed by atoms with van der Waals surface area (Å²) >= 11 is 7.75. The first-order chi connectivity index (χ1) is 17.0. The fourth-order valence-electron chi connectivity index (χ4n) is 4.50. The molecule has 1 saturated heterocycles. The predicted octanol–water partition coefficient (Wildman–Crippen LogP) is 3.45. The molecule has 0 amide bonds. The molecule has 6 rings (SSSR count). The molecule has 1 fully saturated rings. The summed E-state index contributed by atoms with van der Waals surface area (Å²) in [5.41, 5.74) is 1.18. The molecule has 0 radical (unpaired) electrons. The second-order valence-electron chi connectivity index (χ2n) is 8.31. The SMILES string of the molecule is CSc1nc(N2CC[C@H]2c2nn3ccc(Cl)c3c(=O)n2-c2ccccc2)c2c(=O)n(C)ccc2n1. The first kappa shape index (κ1) is 21.9. The van der Waals surface area contributed by atoms with Gasteiger partial charge in [-0.1, -0.05) is 41.6 Å². The maximum Gasteiger partial charge on any atom is 0.284 e. The molecule has 1 aliphatic rings. The van der Waals surface area contributed by atoms with Gasteiger partial charge in [0, 0.05) is 26.0 Å². The first-order valence-electron chi connectivity index (χ1n) is 11.0. The van der Waals surface area contributed by atoms with E-state index in [4.69, 9.17) is 21.7 Å². The highest BCUT2D eigenvalue weighted by Crippen LogP contribution is 2.39. The summed E-state index contributed by atoms with van der Waals surface area (Å²) in [6, 6.07) is 12.6. The number of halogens is 1. The van der Waals surface area contributed by atoms with E-state index in [1.54, 1.807) is 30.1 Å². The molecule has 0 unspecified atom stereocenters. The Morgan fingerprint density at radius 3 is 2.54 bits per heavy atom. The molecule has 35 heavy (non-hydrogen) atoms. The number of hydrogen-bond donors (Lipinski definition) is 0. The number of fused-ring (bicyclic) bond motifs is 2. The van der Waals surface area contributed by atoms with Gasteiger partial charge in [-0.2, -0.15) is 5.10 Å². The van der Waals surface area contributed by atoms with E-state index in [-0.39, 0.29) is 17.2 Å². The van der Waals surface area contributed by atoms with Gasteiger partial charge >= 0.3 is 0 Å². The minimum atomic E-state index is -0.272. The zero-order valence-electron chi connectivity index (χ0n) is 18.9. The van der Waals surface area contributed by atoms with Crippen molar-refractivity contribution in [2.75, 3.05) is 17.7 Å². The Bertz CT molecular complexity index is 1730. The van der Waals surface area contributed by atoms with Crippen molar-refractivity contribution in [1.82, 2.24) is 28.7 Å². The van der Waals surface area contributed by atoms with Gasteiger partial charge in [0.05, 0.1) is 22.3 Å². The van der Waals surface area contributed by atoms with Crippen LogP contribution in [0, 0.1) is 0 Å². The number of rotatable bonds is 4. The summed E-state index contributed by atoms with van der Waals surface area (Å²) in [6.45, 7) is 0.664. The minimum Gasteiger partial charge on any atom is -0.345 e. The van der Waals surface area contributed by atoms with E-state index in [2.05, 4.69) is 4.98 Å². The van der Waals surface area contributed by atoms with Gasteiger partial charge < -0.3 is 9.47 Å². The third kappa shape index (κ3) is 3.35. The van der Waals surface area contributed by atoms with Crippen molar-refractivity contribution >= 4 is 45.6 Å². The number of nitrogens with zero attached hydrogens (tertiary/aromatic N) is 7. The van der Waals surface area contributed by atoms with Crippen LogP contribution < -0.4 is 16.0 Å². The summed E-state index contributed by atoms with van der Waals surface area (Å²) < 4.78 is 4.66. The Morgan fingerprint density at radius 1 is 1.03 bits per heavy atom. The number of aryl methyl sites for hydroxylation is 1. The van der Waals surface area contributed by atoms with Gasteiger partial charge in [0.15, 0.2) is 11.0 Å². The van der Waals surface area contributed by atoms with Crippen LogP contribution in [-0.2, 0) is 7.05 Å². The van der Waals surface area contributed by atoms with Crippen molar-refractivity contribution in [3.05, 3.63) is 86.4 Å². The summed E-state index contributed by atoms with van der Waals surface area (Å²) in [7, 11) is 1.71. The van der Waals surface area contributed by atoms with E-state index in [1.807, 2.05) is 47.6 Å². The van der Waals surface area contributed by atoms with Gasteiger partial charge in [-0.25, -0.2) is 14.5 Å². The molecule has 1 aromatic carbocycles. The highest BCUT2D eigenvalue weighted by molar-refractivity contribution is 7.98. The van der Waals surface area contributed by atoms with Crippen molar-refractivity contribution in [3.63, 3.8) is 0 Å². The van der Waals surface area contributed by atoms with Crippen LogP contribution in [0.15, 0.2) is 69.6 Å². The topological polar surface area (TPSA) is 90.3 Å². The molecule has 5 aromatic rings. The van der Waals surface area contributed by atoms with Crippen LogP contribution in [0.25, 0.3) is 22.1 Å². The lowest BCUT2D eigenvalue weighted by atomic mass is 10.0. The number of pyridine rings is 1. The lowest BCUT2D eigenvalue weighted by Crippen LogP contribution is -2.45. The highest BCUT2D eigenvalue weighted by Gasteiger charge is 2.37. The van der Waals surface area contributed by atoms with E-state index in [1.165, 1.54) is 20.8 Å². The predicted molar refractivity (Wildman–Crippen MR) is 137 cm³/mol. The van der Waals surface area contributed by atoms with Crippen molar-refractivity contribution < 1.29 is 0 Å². The van der Waals surface area contributed by atoms with Crippen LogP contribution >= 0.6 is 23.4 Å². The number of para-hydroxylation sites is 1. The number of hydrogen-bond acceptors (Lipinski definition) is 7. The number of benzene rings is 1. The zero-order valence-corrected chi connectivity index (χ0v) is 20.5. The smallest absolute Gasteiger partial charge is 0.284 e. The lowest BCUT2D eigenvalue weighted by Gasteiger charge is -2.42. The molecule has 0 aliphatic carbocycles. The monoisotopic (exact) mass is 505 g/mol. The van der Waals surface area contributed by atoms with E-state index < -0.39 is 0 Å². The average Bonchev–Trinajstić information content (AvgIpc) is 3.22. The fourth-order valence-corrected chi connectivity index (χ4v) is 5.09. The van der Waals surface area contributed by atoms with E-state index >= 15 is 0 Å². The molecule has 0 bridgehead atoms. The Kier molecular flexibility index (Phi) is 5.15. The summed E-state index contributed by atoms with van der Waals surface area (Å²) in [6.07, 6.45) is 6.03. The number of anilines is 1. The van der Waals surface area contributed by atoms with Gasteiger partial charge in [0.25, 0.3) is 11.1 Å². The Labute approximate surface area is 208 Å². The number of thioether (sulfide) groups is 1. The lowest BCUT2D eigenvalue weighted by molar-refractivity contribution is 0.423. The maximum absolute atomic E-state index is 13.6. The average molecular weight is 506 g/mol. The zero-order chi connectivity index (χ0) is 24.3. The molecule has 176 valence electrons. The van der Waals surface area contributed by atoms with Gasteiger partial charge in [-0.3, -0.25) is 14.2 Å². The van der Waals surface area contributed by atoms with Gasteiger partial charge in [0.1, 0.15) is 16.7 Å². The normalized spacial score (nSPS) is 15.6. The van der Waals surface area contributed by atoms with Crippen LogP contribution in [0.1, 0.15) is 18.3 Å². The second-order valence-corrected chi connectivity index (χ2v) is 9.50. The van der Waals surface area contributed by atoms with E-state index in [0.29, 0.717) is 50.5 Å². The summed E-state index contributed by atoms with van der Waals surface area (Å²) in [5, 5.41) is 6.19. The Balaban J connectivity index is 1.60. The molecule has 4 aromatic heterocycles. The van der Waals surface area contributed by atoms with Crippen LogP contribution in [0.3, 0.4) is 0 Å². The van der Waals surface area contributed by atoms with Crippen LogP contribution in [-0.4, -0.2) is 41.5 Å². The largest absolute Gasteiger partial charge is 0.345 e. The molecule has 0 spiro atoms. The van der Waals surface area contributed by atoms with Crippen molar-refractivity contribution in [3.8, 4) is 5.69 Å². The van der Waals surface area contributed by atoms with Crippen molar-refractivity contribution in [2.24, 2.45) is 7.05 Å².